The topological polar surface area (TPSA) is 3.24 Å². The molecule has 8 rings (SSSR count). The number of hydrogen-bond donors (Lipinski definition) is 0. The van der Waals surface area contributed by atoms with Gasteiger partial charge < -0.3 is 4.90 Å². The zero-order valence-electron chi connectivity index (χ0n) is 24.1. The van der Waals surface area contributed by atoms with Crippen LogP contribution in [0.25, 0.3) is 33.0 Å². The standard InChI is InChI=1S/C39H43N/c1-26-10-8-13-30(24-26)40(29-12-3-2-11-27-25-28(20-21-29)32-15-5-4-14-31(27)32)38-23-22-36-34-17-7-6-16-33(34)35-18-9-19-37(38)39(35)36/h6-10,13,16-19,22-24,27-29,31-32H,2-5,11-12,14-15,20-21,25H2,1H3. The molecule has 5 atom stereocenters. The summed E-state index contributed by atoms with van der Waals surface area (Å²) in [6.45, 7) is 2.25. The fourth-order valence-corrected chi connectivity index (χ4v) is 9.68. The summed E-state index contributed by atoms with van der Waals surface area (Å²) in [6, 6.07) is 30.7. The Balaban J connectivity index is 1.23. The molecule has 0 saturated heterocycles. The molecule has 40 heavy (non-hydrogen) atoms. The van der Waals surface area contributed by atoms with E-state index < -0.39 is 0 Å². The second-order valence-electron chi connectivity index (χ2n) is 13.5. The van der Waals surface area contributed by atoms with Gasteiger partial charge in [-0.05, 0) is 121 Å². The Kier molecular flexibility index (Phi) is 6.23. The summed E-state index contributed by atoms with van der Waals surface area (Å²) in [5, 5.41) is 2.86. The van der Waals surface area contributed by atoms with Crippen LogP contribution in [0.3, 0.4) is 0 Å². The highest BCUT2D eigenvalue weighted by atomic mass is 15.2. The monoisotopic (exact) mass is 525 g/mol. The molecule has 0 heterocycles. The summed E-state index contributed by atoms with van der Waals surface area (Å²) in [7, 11) is 0. The quantitative estimate of drug-likeness (QED) is 0.226. The minimum Gasteiger partial charge on any atom is -0.338 e. The van der Waals surface area contributed by atoms with Crippen molar-refractivity contribution in [3.8, 4) is 22.3 Å². The molecule has 3 fully saturated rings. The molecule has 4 aromatic rings. The van der Waals surface area contributed by atoms with Gasteiger partial charge in [-0.25, -0.2) is 0 Å². The molecule has 4 aliphatic rings. The molecule has 0 N–H and O–H groups in total. The number of fused-ring (bicyclic) bond motifs is 8. The van der Waals surface area contributed by atoms with Gasteiger partial charge in [0.1, 0.15) is 0 Å². The fourth-order valence-electron chi connectivity index (χ4n) is 9.68. The maximum Gasteiger partial charge on any atom is 0.0493 e. The van der Waals surface area contributed by atoms with Gasteiger partial charge in [-0.3, -0.25) is 0 Å². The summed E-state index contributed by atoms with van der Waals surface area (Å²) in [6.07, 6.45) is 15.8. The highest BCUT2D eigenvalue weighted by molar-refractivity contribution is 6.18. The van der Waals surface area contributed by atoms with Crippen LogP contribution in [0.4, 0.5) is 11.4 Å². The first-order valence-electron chi connectivity index (χ1n) is 16.3. The SMILES string of the molecule is Cc1cccc(N(c2ccc3c4c(cccc24)-c2ccccc2-3)C2CCCCC3CC(CC2)C2CCCCC32)c1. The molecule has 0 spiro atoms. The third-order valence-electron chi connectivity index (χ3n) is 11.4. The van der Waals surface area contributed by atoms with Crippen LogP contribution in [-0.4, -0.2) is 6.04 Å². The van der Waals surface area contributed by atoms with Crippen molar-refractivity contribution < 1.29 is 0 Å². The molecule has 4 aliphatic carbocycles. The van der Waals surface area contributed by atoms with Crippen LogP contribution in [0, 0.1) is 30.6 Å². The first kappa shape index (κ1) is 24.7. The van der Waals surface area contributed by atoms with Crippen molar-refractivity contribution in [1.29, 1.82) is 0 Å². The lowest BCUT2D eigenvalue weighted by Gasteiger charge is -2.37. The van der Waals surface area contributed by atoms with E-state index in [-0.39, 0.29) is 0 Å². The number of aryl methyl sites for hydroxylation is 1. The fraction of sp³-hybridized carbons (Fsp3) is 0.436. The largest absolute Gasteiger partial charge is 0.338 e. The average molecular weight is 526 g/mol. The van der Waals surface area contributed by atoms with Gasteiger partial charge in [0.25, 0.3) is 0 Å². The first-order chi connectivity index (χ1) is 19.8. The number of nitrogens with zero attached hydrogens (tertiary/aromatic N) is 1. The van der Waals surface area contributed by atoms with Crippen LogP contribution in [0.15, 0.2) is 78.9 Å². The molecule has 0 amide bonds. The van der Waals surface area contributed by atoms with Crippen LogP contribution in [-0.2, 0) is 0 Å². The second-order valence-corrected chi connectivity index (χ2v) is 13.5. The van der Waals surface area contributed by atoms with Gasteiger partial charge in [-0.2, -0.15) is 0 Å². The molecular formula is C39H43N. The summed E-state index contributed by atoms with van der Waals surface area (Å²) in [4.78, 5) is 2.78. The summed E-state index contributed by atoms with van der Waals surface area (Å²) in [5.41, 5.74) is 9.71. The summed E-state index contributed by atoms with van der Waals surface area (Å²) < 4.78 is 0. The van der Waals surface area contributed by atoms with E-state index in [0.717, 1.165) is 23.7 Å². The van der Waals surface area contributed by atoms with Crippen molar-refractivity contribution >= 4 is 22.1 Å². The van der Waals surface area contributed by atoms with Crippen molar-refractivity contribution in [2.24, 2.45) is 23.7 Å². The van der Waals surface area contributed by atoms with Crippen molar-refractivity contribution in [3.63, 3.8) is 0 Å². The van der Waals surface area contributed by atoms with E-state index in [1.165, 1.54) is 121 Å². The highest BCUT2D eigenvalue weighted by Crippen LogP contribution is 2.54. The Morgan fingerprint density at radius 2 is 1.25 bits per heavy atom. The maximum absolute atomic E-state index is 2.78. The van der Waals surface area contributed by atoms with Crippen LogP contribution in [0.5, 0.6) is 0 Å². The molecule has 0 aliphatic heterocycles. The lowest BCUT2D eigenvalue weighted by atomic mass is 9.74. The predicted molar refractivity (Wildman–Crippen MR) is 170 cm³/mol. The third-order valence-corrected chi connectivity index (χ3v) is 11.4. The number of benzene rings is 4. The van der Waals surface area contributed by atoms with Gasteiger partial charge in [-0.1, -0.05) is 92.8 Å². The van der Waals surface area contributed by atoms with Gasteiger partial charge in [0.2, 0.25) is 0 Å². The number of anilines is 2. The van der Waals surface area contributed by atoms with Gasteiger partial charge in [0.05, 0.1) is 0 Å². The zero-order valence-corrected chi connectivity index (χ0v) is 24.1. The van der Waals surface area contributed by atoms with E-state index in [2.05, 4.69) is 90.7 Å². The molecule has 204 valence electrons. The van der Waals surface area contributed by atoms with Crippen LogP contribution in [0.1, 0.15) is 76.2 Å². The van der Waals surface area contributed by atoms with Crippen molar-refractivity contribution in [2.45, 2.75) is 83.6 Å². The molecule has 1 nitrogen and oxygen atoms in total. The van der Waals surface area contributed by atoms with Crippen LogP contribution >= 0.6 is 0 Å². The Morgan fingerprint density at radius 3 is 2.05 bits per heavy atom. The van der Waals surface area contributed by atoms with Gasteiger partial charge in [0, 0.05) is 22.8 Å². The van der Waals surface area contributed by atoms with Crippen molar-refractivity contribution in [2.75, 3.05) is 4.90 Å². The van der Waals surface area contributed by atoms with Crippen LogP contribution in [0.2, 0.25) is 0 Å². The predicted octanol–water partition coefficient (Wildman–Crippen LogP) is 11.1. The molecule has 0 radical (unpaired) electrons. The molecule has 3 saturated carbocycles. The second kappa shape index (κ2) is 10.1. The lowest BCUT2D eigenvalue weighted by Crippen LogP contribution is -2.32. The van der Waals surface area contributed by atoms with Crippen molar-refractivity contribution in [3.05, 3.63) is 84.4 Å². The van der Waals surface area contributed by atoms with Gasteiger partial charge in [0.15, 0.2) is 0 Å². The maximum atomic E-state index is 2.78. The molecule has 2 bridgehead atoms. The van der Waals surface area contributed by atoms with E-state index >= 15 is 0 Å². The average Bonchev–Trinajstić information content (AvgIpc) is 3.51. The third kappa shape index (κ3) is 4.03. The lowest BCUT2D eigenvalue weighted by molar-refractivity contribution is 0.193. The molecule has 1 heteroatoms. The van der Waals surface area contributed by atoms with Crippen LogP contribution < -0.4 is 4.90 Å². The van der Waals surface area contributed by atoms with E-state index in [4.69, 9.17) is 0 Å². The van der Waals surface area contributed by atoms with Gasteiger partial charge in [-0.15, -0.1) is 0 Å². The Bertz CT molecular complexity index is 1520. The molecule has 5 unspecified atom stereocenters. The Labute approximate surface area is 240 Å². The number of rotatable bonds is 3. The molecule has 4 aromatic carbocycles. The smallest absolute Gasteiger partial charge is 0.0493 e. The van der Waals surface area contributed by atoms with E-state index in [0.29, 0.717) is 6.04 Å². The van der Waals surface area contributed by atoms with E-state index in [9.17, 15) is 0 Å². The zero-order chi connectivity index (χ0) is 26.6. The first-order valence-corrected chi connectivity index (χ1v) is 16.3. The normalized spacial score (nSPS) is 27.3. The Morgan fingerprint density at radius 1 is 0.575 bits per heavy atom. The molecular weight excluding hydrogens is 482 g/mol. The van der Waals surface area contributed by atoms with E-state index in [1.54, 1.807) is 0 Å². The summed E-state index contributed by atoms with van der Waals surface area (Å²) in [5.74, 6) is 4.04. The minimum absolute atomic E-state index is 0.543. The van der Waals surface area contributed by atoms with Gasteiger partial charge >= 0.3 is 0 Å². The minimum atomic E-state index is 0.543. The number of hydrogen-bond acceptors (Lipinski definition) is 1. The van der Waals surface area contributed by atoms with Crippen molar-refractivity contribution in [1.82, 2.24) is 0 Å². The highest BCUT2D eigenvalue weighted by Gasteiger charge is 2.44. The summed E-state index contributed by atoms with van der Waals surface area (Å²) >= 11 is 0. The Hall–Kier alpha value is -3.06. The molecule has 0 aromatic heterocycles. The van der Waals surface area contributed by atoms with E-state index in [1.807, 2.05) is 0 Å².